The Morgan fingerprint density at radius 3 is 2.46 bits per heavy atom. The van der Waals surface area contributed by atoms with Crippen LogP contribution in [0, 0.1) is 13.8 Å². The van der Waals surface area contributed by atoms with E-state index in [4.69, 9.17) is 11.6 Å². The van der Waals surface area contributed by atoms with Crippen molar-refractivity contribution in [2.75, 3.05) is 18.9 Å². The molecule has 2 aromatic carbocycles. The largest absolute Gasteiger partial charge is 0.333 e. The minimum absolute atomic E-state index is 0.0307. The molecule has 144 valence electrons. The highest BCUT2D eigenvalue weighted by Crippen LogP contribution is 2.35. The standard InChI is InChI=1S/C22H21ClN2O2S/c1-14-7-6-8-15(2)22(14)24-19(26)13-25(3)20(27)12-11-18-21(23)16-9-4-5-10-17(16)28-18/h4-12H,13H2,1-3H3,(H,24,26)/b12-11+. The maximum atomic E-state index is 12.4. The first kappa shape index (κ1) is 20.1. The van der Waals surface area contributed by atoms with E-state index in [1.54, 1.807) is 13.1 Å². The average molecular weight is 413 g/mol. The smallest absolute Gasteiger partial charge is 0.246 e. The van der Waals surface area contributed by atoms with Crippen LogP contribution in [0.5, 0.6) is 0 Å². The Kier molecular flexibility index (Phi) is 6.17. The van der Waals surface area contributed by atoms with E-state index in [0.717, 1.165) is 31.8 Å². The number of benzene rings is 2. The van der Waals surface area contributed by atoms with Crippen LogP contribution >= 0.6 is 22.9 Å². The van der Waals surface area contributed by atoms with E-state index in [2.05, 4.69) is 5.32 Å². The number of aryl methyl sites for hydroxylation is 2. The molecule has 28 heavy (non-hydrogen) atoms. The highest BCUT2D eigenvalue weighted by molar-refractivity contribution is 7.20. The van der Waals surface area contributed by atoms with Gasteiger partial charge in [0.25, 0.3) is 0 Å². The number of thiophene rings is 1. The Morgan fingerprint density at radius 2 is 1.79 bits per heavy atom. The Bertz CT molecular complexity index is 1050. The zero-order valence-electron chi connectivity index (χ0n) is 16.0. The number of amides is 2. The number of rotatable bonds is 5. The summed E-state index contributed by atoms with van der Waals surface area (Å²) in [5.74, 6) is -0.494. The van der Waals surface area contributed by atoms with Crippen molar-refractivity contribution in [3.05, 3.63) is 69.6 Å². The van der Waals surface area contributed by atoms with Gasteiger partial charge in [0, 0.05) is 33.8 Å². The summed E-state index contributed by atoms with van der Waals surface area (Å²) in [7, 11) is 1.60. The molecule has 1 heterocycles. The van der Waals surface area contributed by atoms with Gasteiger partial charge in [-0.2, -0.15) is 0 Å². The van der Waals surface area contributed by atoms with Crippen molar-refractivity contribution >= 4 is 56.6 Å². The Hall–Kier alpha value is -2.63. The van der Waals surface area contributed by atoms with Crippen molar-refractivity contribution in [3.8, 4) is 0 Å². The maximum Gasteiger partial charge on any atom is 0.246 e. The van der Waals surface area contributed by atoms with Gasteiger partial charge in [0.1, 0.15) is 0 Å². The molecule has 0 bridgehead atoms. The van der Waals surface area contributed by atoms with E-state index in [0.29, 0.717) is 5.02 Å². The minimum atomic E-state index is -0.259. The van der Waals surface area contributed by atoms with Gasteiger partial charge in [-0.1, -0.05) is 48.0 Å². The average Bonchev–Trinajstić information content (AvgIpc) is 2.99. The monoisotopic (exact) mass is 412 g/mol. The van der Waals surface area contributed by atoms with Crippen LogP contribution in [-0.4, -0.2) is 30.3 Å². The number of hydrogen-bond donors (Lipinski definition) is 1. The zero-order chi connectivity index (χ0) is 20.3. The van der Waals surface area contributed by atoms with Crippen LogP contribution in [0.15, 0.2) is 48.5 Å². The topological polar surface area (TPSA) is 49.4 Å². The number of carbonyl (C=O) groups is 2. The SMILES string of the molecule is Cc1cccc(C)c1NC(=O)CN(C)C(=O)/C=C/c1sc2ccccc2c1Cl. The van der Waals surface area contributed by atoms with Crippen molar-refractivity contribution < 1.29 is 9.59 Å². The fraction of sp³-hybridized carbons (Fsp3) is 0.182. The van der Waals surface area contributed by atoms with Gasteiger partial charge in [0.15, 0.2) is 0 Å². The fourth-order valence-corrected chi connectivity index (χ4v) is 4.30. The number of para-hydroxylation sites is 1. The van der Waals surface area contributed by atoms with E-state index in [-0.39, 0.29) is 18.4 Å². The third-order valence-electron chi connectivity index (χ3n) is 4.44. The summed E-state index contributed by atoms with van der Waals surface area (Å²) >= 11 is 7.92. The first-order valence-corrected chi connectivity index (χ1v) is 10.0. The number of nitrogens with zero attached hydrogens (tertiary/aromatic N) is 1. The molecule has 1 aromatic heterocycles. The van der Waals surface area contributed by atoms with Gasteiger partial charge in [-0.15, -0.1) is 11.3 Å². The molecule has 0 aliphatic carbocycles. The normalized spacial score (nSPS) is 11.1. The van der Waals surface area contributed by atoms with E-state index in [1.807, 2.05) is 56.3 Å². The number of halogens is 1. The number of hydrogen-bond acceptors (Lipinski definition) is 3. The van der Waals surface area contributed by atoms with Crippen LogP contribution in [0.1, 0.15) is 16.0 Å². The quantitative estimate of drug-likeness (QED) is 0.579. The third-order valence-corrected chi connectivity index (χ3v) is 6.09. The van der Waals surface area contributed by atoms with Crippen LogP contribution in [0.3, 0.4) is 0 Å². The van der Waals surface area contributed by atoms with Crippen molar-refractivity contribution in [1.29, 1.82) is 0 Å². The zero-order valence-corrected chi connectivity index (χ0v) is 17.5. The second kappa shape index (κ2) is 8.59. The molecule has 0 saturated carbocycles. The predicted octanol–water partition coefficient (Wildman–Crippen LogP) is 5.28. The van der Waals surface area contributed by atoms with Crippen molar-refractivity contribution in [2.45, 2.75) is 13.8 Å². The number of nitrogens with one attached hydrogen (secondary N) is 1. The number of likely N-dealkylation sites (N-methyl/N-ethyl adjacent to an activating group) is 1. The Morgan fingerprint density at radius 1 is 1.11 bits per heavy atom. The Balaban J connectivity index is 1.64. The molecule has 0 atom stereocenters. The van der Waals surface area contributed by atoms with E-state index < -0.39 is 0 Å². The van der Waals surface area contributed by atoms with Gasteiger partial charge in [-0.25, -0.2) is 0 Å². The van der Waals surface area contributed by atoms with Crippen LogP contribution < -0.4 is 5.32 Å². The van der Waals surface area contributed by atoms with Crippen LogP contribution in [0.4, 0.5) is 5.69 Å². The summed E-state index contributed by atoms with van der Waals surface area (Å²) in [6.07, 6.45) is 3.15. The lowest BCUT2D eigenvalue weighted by molar-refractivity contribution is -0.129. The van der Waals surface area contributed by atoms with Crippen LogP contribution in [0.2, 0.25) is 5.02 Å². The number of fused-ring (bicyclic) bond motifs is 1. The van der Waals surface area contributed by atoms with E-state index in [1.165, 1.54) is 22.3 Å². The van der Waals surface area contributed by atoms with E-state index >= 15 is 0 Å². The molecule has 0 aliphatic heterocycles. The predicted molar refractivity (Wildman–Crippen MR) is 118 cm³/mol. The summed E-state index contributed by atoms with van der Waals surface area (Å²) in [5, 5.41) is 4.50. The Labute approximate surface area is 173 Å². The number of carbonyl (C=O) groups excluding carboxylic acids is 2. The van der Waals surface area contributed by atoms with Crippen molar-refractivity contribution in [2.24, 2.45) is 0 Å². The lowest BCUT2D eigenvalue weighted by atomic mass is 10.1. The molecule has 0 unspecified atom stereocenters. The lowest BCUT2D eigenvalue weighted by Crippen LogP contribution is -2.34. The molecule has 1 N–H and O–H groups in total. The summed E-state index contributed by atoms with van der Waals surface area (Å²) in [6, 6.07) is 13.7. The molecular formula is C22H21ClN2O2S. The maximum absolute atomic E-state index is 12.4. The lowest BCUT2D eigenvalue weighted by Gasteiger charge is -2.16. The first-order chi connectivity index (χ1) is 13.4. The molecule has 0 radical (unpaired) electrons. The second-order valence-electron chi connectivity index (χ2n) is 6.62. The first-order valence-electron chi connectivity index (χ1n) is 8.83. The van der Waals surface area contributed by atoms with Gasteiger partial charge in [0.2, 0.25) is 11.8 Å². The molecule has 4 nitrogen and oxygen atoms in total. The molecular weight excluding hydrogens is 392 g/mol. The summed E-state index contributed by atoms with van der Waals surface area (Å²) in [6.45, 7) is 3.85. The molecule has 0 spiro atoms. The molecule has 3 rings (SSSR count). The molecule has 0 saturated heterocycles. The van der Waals surface area contributed by atoms with Gasteiger partial charge in [-0.3, -0.25) is 9.59 Å². The fourth-order valence-electron chi connectivity index (χ4n) is 2.90. The molecule has 3 aromatic rings. The highest BCUT2D eigenvalue weighted by Gasteiger charge is 2.13. The summed E-state index contributed by atoms with van der Waals surface area (Å²) in [5.41, 5.74) is 2.77. The van der Waals surface area contributed by atoms with Crippen LogP contribution in [0.25, 0.3) is 16.2 Å². The number of anilines is 1. The van der Waals surface area contributed by atoms with E-state index in [9.17, 15) is 9.59 Å². The van der Waals surface area contributed by atoms with Crippen LogP contribution in [-0.2, 0) is 9.59 Å². The van der Waals surface area contributed by atoms with Crippen molar-refractivity contribution in [3.63, 3.8) is 0 Å². The molecule has 2 amide bonds. The molecule has 0 fully saturated rings. The second-order valence-corrected chi connectivity index (χ2v) is 8.08. The molecule has 0 aliphatic rings. The summed E-state index contributed by atoms with van der Waals surface area (Å²) < 4.78 is 1.07. The van der Waals surface area contributed by atoms with Gasteiger partial charge in [-0.05, 0) is 37.1 Å². The van der Waals surface area contributed by atoms with Gasteiger partial charge >= 0.3 is 0 Å². The van der Waals surface area contributed by atoms with Crippen molar-refractivity contribution in [1.82, 2.24) is 4.90 Å². The third kappa shape index (κ3) is 4.43. The van der Waals surface area contributed by atoms with Gasteiger partial charge in [0.05, 0.1) is 11.6 Å². The molecule has 6 heteroatoms. The highest BCUT2D eigenvalue weighted by atomic mass is 35.5. The van der Waals surface area contributed by atoms with Gasteiger partial charge < -0.3 is 10.2 Å². The minimum Gasteiger partial charge on any atom is -0.333 e. The summed E-state index contributed by atoms with van der Waals surface area (Å²) in [4.78, 5) is 26.9.